The standard InChI is InChI=1S/C17H20ClN3O3/c1-21-14(6-8-19-21)17-13(7-9-24-17)20-16(22)10-11-12(18)4-3-5-15(11)23-2/h3-6,8,13,17H,7,9-10H2,1-2H3,(H,20,22)/t13-,17-/m0/s1. The molecule has 1 aromatic heterocycles. The van der Waals surface area contributed by atoms with Crippen LogP contribution in [0.25, 0.3) is 0 Å². The molecular weight excluding hydrogens is 330 g/mol. The van der Waals surface area contributed by atoms with Gasteiger partial charge in [0.1, 0.15) is 11.9 Å². The van der Waals surface area contributed by atoms with Gasteiger partial charge in [-0.15, -0.1) is 0 Å². The molecule has 3 rings (SSSR count). The fourth-order valence-electron chi connectivity index (χ4n) is 3.01. The predicted octanol–water partition coefficient (Wildman–Crippen LogP) is 2.27. The normalized spacial score (nSPS) is 20.1. The van der Waals surface area contributed by atoms with E-state index < -0.39 is 0 Å². The quantitative estimate of drug-likeness (QED) is 0.899. The number of rotatable bonds is 5. The monoisotopic (exact) mass is 349 g/mol. The lowest BCUT2D eigenvalue weighted by atomic mass is 10.1. The molecule has 1 N–H and O–H groups in total. The number of hydrogen-bond acceptors (Lipinski definition) is 4. The van der Waals surface area contributed by atoms with Gasteiger partial charge < -0.3 is 14.8 Å². The third-order valence-corrected chi connectivity index (χ3v) is 4.58. The number of carbonyl (C=O) groups excluding carboxylic acids is 1. The Morgan fingerprint density at radius 2 is 2.33 bits per heavy atom. The van der Waals surface area contributed by atoms with Crippen LogP contribution in [-0.2, 0) is 23.0 Å². The summed E-state index contributed by atoms with van der Waals surface area (Å²) in [4.78, 5) is 12.5. The number of hydrogen-bond donors (Lipinski definition) is 1. The molecule has 2 heterocycles. The van der Waals surface area contributed by atoms with Crippen LogP contribution in [0.15, 0.2) is 30.5 Å². The van der Waals surface area contributed by atoms with Crippen molar-refractivity contribution in [2.75, 3.05) is 13.7 Å². The number of methoxy groups -OCH3 is 1. The van der Waals surface area contributed by atoms with Gasteiger partial charge in [-0.1, -0.05) is 17.7 Å². The van der Waals surface area contributed by atoms with E-state index in [4.69, 9.17) is 21.1 Å². The summed E-state index contributed by atoms with van der Waals surface area (Å²) in [6.07, 6.45) is 2.47. The minimum atomic E-state index is -0.186. The Morgan fingerprint density at radius 1 is 1.50 bits per heavy atom. The van der Waals surface area contributed by atoms with E-state index >= 15 is 0 Å². The fraction of sp³-hybridized carbons (Fsp3) is 0.412. The summed E-state index contributed by atoms with van der Waals surface area (Å²) in [6.45, 7) is 0.607. The topological polar surface area (TPSA) is 65.4 Å². The number of aryl methyl sites for hydroxylation is 1. The number of nitrogens with zero attached hydrogens (tertiary/aromatic N) is 2. The molecule has 6 nitrogen and oxygen atoms in total. The third kappa shape index (κ3) is 3.39. The number of nitrogens with one attached hydrogen (secondary N) is 1. The zero-order valence-electron chi connectivity index (χ0n) is 13.7. The van der Waals surface area contributed by atoms with Crippen molar-refractivity contribution in [1.29, 1.82) is 0 Å². The van der Waals surface area contributed by atoms with Gasteiger partial charge in [-0.25, -0.2) is 0 Å². The molecule has 7 heteroatoms. The van der Waals surface area contributed by atoms with Crippen LogP contribution in [0.1, 0.15) is 23.8 Å². The summed E-state index contributed by atoms with van der Waals surface area (Å²) in [5.74, 6) is 0.507. The van der Waals surface area contributed by atoms with Crippen LogP contribution >= 0.6 is 11.6 Å². The van der Waals surface area contributed by atoms with Crippen molar-refractivity contribution in [2.45, 2.75) is 25.0 Å². The van der Waals surface area contributed by atoms with Crippen molar-refractivity contribution in [3.05, 3.63) is 46.7 Å². The largest absolute Gasteiger partial charge is 0.496 e. The molecule has 1 aromatic carbocycles. The molecule has 1 amide bonds. The highest BCUT2D eigenvalue weighted by Gasteiger charge is 2.32. The number of carbonyl (C=O) groups is 1. The summed E-state index contributed by atoms with van der Waals surface area (Å²) in [6, 6.07) is 7.18. The van der Waals surface area contributed by atoms with Gasteiger partial charge >= 0.3 is 0 Å². The van der Waals surface area contributed by atoms with Crippen LogP contribution < -0.4 is 10.1 Å². The summed E-state index contributed by atoms with van der Waals surface area (Å²) in [7, 11) is 3.43. The zero-order chi connectivity index (χ0) is 17.1. The van der Waals surface area contributed by atoms with Gasteiger partial charge in [0.05, 0.1) is 25.3 Å². The molecule has 0 unspecified atom stereocenters. The maximum atomic E-state index is 12.5. The Morgan fingerprint density at radius 3 is 3.04 bits per heavy atom. The van der Waals surface area contributed by atoms with Crippen LogP contribution in [0.5, 0.6) is 5.75 Å². The highest BCUT2D eigenvalue weighted by Crippen LogP contribution is 2.30. The maximum Gasteiger partial charge on any atom is 0.224 e. The first-order valence-electron chi connectivity index (χ1n) is 7.80. The molecule has 0 radical (unpaired) electrons. The summed E-state index contributed by atoms with van der Waals surface area (Å²) < 4.78 is 12.8. The summed E-state index contributed by atoms with van der Waals surface area (Å²) >= 11 is 6.20. The van der Waals surface area contributed by atoms with E-state index in [2.05, 4.69) is 10.4 Å². The van der Waals surface area contributed by atoms with Gasteiger partial charge in [-0.05, 0) is 24.6 Å². The molecule has 1 aliphatic rings. The smallest absolute Gasteiger partial charge is 0.224 e. The van der Waals surface area contributed by atoms with Gasteiger partial charge in [0, 0.05) is 30.4 Å². The van der Waals surface area contributed by atoms with Gasteiger partial charge in [0.15, 0.2) is 0 Å². The molecule has 0 bridgehead atoms. The Labute approximate surface area is 145 Å². The van der Waals surface area contributed by atoms with Crippen LogP contribution in [-0.4, -0.2) is 35.4 Å². The molecule has 1 saturated heterocycles. The first-order chi connectivity index (χ1) is 11.6. The Hall–Kier alpha value is -2.05. The van der Waals surface area contributed by atoms with E-state index in [1.807, 2.05) is 13.1 Å². The number of benzene rings is 1. The van der Waals surface area contributed by atoms with Gasteiger partial charge in [-0.3, -0.25) is 9.48 Å². The highest BCUT2D eigenvalue weighted by molar-refractivity contribution is 6.31. The Bertz CT molecular complexity index is 732. The van der Waals surface area contributed by atoms with Crippen molar-refractivity contribution < 1.29 is 14.3 Å². The minimum Gasteiger partial charge on any atom is -0.496 e. The van der Waals surface area contributed by atoms with E-state index in [-0.39, 0.29) is 24.5 Å². The number of ether oxygens (including phenoxy) is 2. The molecule has 1 fully saturated rings. The summed E-state index contributed by atoms with van der Waals surface area (Å²) in [5, 5.41) is 7.74. The van der Waals surface area contributed by atoms with Crippen LogP contribution in [0, 0.1) is 0 Å². The molecule has 1 aliphatic heterocycles. The lowest BCUT2D eigenvalue weighted by Crippen LogP contribution is -2.38. The van der Waals surface area contributed by atoms with Crippen LogP contribution in [0.4, 0.5) is 0 Å². The van der Waals surface area contributed by atoms with Crippen LogP contribution in [0.2, 0.25) is 5.02 Å². The second-order valence-corrected chi connectivity index (χ2v) is 6.14. The summed E-state index contributed by atoms with van der Waals surface area (Å²) in [5.41, 5.74) is 1.64. The molecule has 128 valence electrons. The zero-order valence-corrected chi connectivity index (χ0v) is 14.4. The van der Waals surface area contributed by atoms with Gasteiger partial charge in [-0.2, -0.15) is 5.10 Å². The highest BCUT2D eigenvalue weighted by atomic mass is 35.5. The van der Waals surface area contributed by atoms with E-state index in [1.54, 1.807) is 36.2 Å². The first kappa shape index (κ1) is 16.8. The first-order valence-corrected chi connectivity index (χ1v) is 8.18. The molecule has 0 saturated carbocycles. The molecule has 24 heavy (non-hydrogen) atoms. The Balaban J connectivity index is 1.70. The molecule has 2 atom stereocenters. The van der Waals surface area contributed by atoms with Crippen LogP contribution in [0.3, 0.4) is 0 Å². The average molecular weight is 350 g/mol. The van der Waals surface area contributed by atoms with Crippen molar-refractivity contribution in [3.8, 4) is 5.75 Å². The van der Waals surface area contributed by atoms with Crippen molar-refractivity contribution in [3.63, 3.8) is 0 Å². The van der Waals surface area contributed by atoms with E-state index in [0.29, 0.717) is 22.9 Å². The van der Waals surface area contributed by atoms with E-state index in [1.165, 1.54) is 0 Å². The molecule has 2 aromatic rings. The SMILES string of the molecule is COc1cccc(Cl)c1CC(=O)N[C@H]1CCO[C@@H]1c1ccnn1C. The van der Waals surface area contributed by atoms with Gasteiger partial charge in [0.2, 0.25) is 5.91 Å². The molecular formula is C17H20ClN3O3. The van der Waals surface area contributed by atoms with Crippen molar-refractivity contribution >= 4 is 17.5 Å². The lowest BCUT2D eigenvalue weighted by Gasteiger charge is -2.20. The van der Waals surface area contributed by atoms with E-state index in [0.717, 1.165) is 12.1 Å². The second-order valence-electron chi connectivity index (χ2n) is 5.73. The predicted molar refractivity (Wildman–Crippen MR) is 90.2 cm³/mol. The number of halogens is 1. The number of amides is 1. The van der Waals surface area contributed by atoms with E-state index in [9.17, 15) is 4.79 Å². The maximum absolute atomic E-state index is 12.5. The fourth-order valence-corrected chi connectivity index (χ4v) is 3.24. The Kier molecular flexibility index (Phi) is 5.06. The number of aromatic nitrogens is 2. The average Bonchev–Trinajstić information content (AvgIpc) is 3.17. The van der Waals surface area contributed by atoms with Gasteiger partial charge in [0.25, 0.3) is 0 Å². The van der Waals surface area contributed by atoms with Crippen molar-refractivity contribution in [1.82, 2.24) is 15.1 Å². The lowest BCUT2D eigenvalue weighted by molar-refractivity contribution is -0.121. The molecule has 0 aliphatic carbocycles. The van der Waals surface area contributed by atoms with Crippen molar-refractivity contribution in [2.24, 2.45) is 7.05 Å². The molecule has 0 spiro atoms. The third-order valence-electron chi connectivity index (χ3n) is 4.22. The minimum absolute atomic E-state index is 0.0821. The second kappa shape index (κ2) is 7.23.